The number of allylic oxidation sites excluding steroid dienone is 2. The van der Waals surface area contributed by atoms with Crippen molar-refractivity contribution in [3.05, 3.63) is 24.4 Å². The van der Waals surface area contributed by atoms with Gasteiger partial charge in [-0.05, 0) is 37.0 Å². The monoisotopic (exact) mass is 196 g/mol. The molecule has 0 aliphatic rings. The molecule has 0 amide bonds. The third-order valence-corrected chi connectivity index (χ3v) is 2.64. The predicted octanol–water partition coefficient (Wildman–Crippen LogP) is 2.56. The minimum Gasteiger partial charge on any atom is -0.404 e. The lowest BCUT2D eigenvalue weighted by Gasteiger charge is -2.26. The maximum Gasteiger partial charge on any atom is 0.00104 e. The van der Waals surface area contributed by atoms with Gasteiger partial charge in [-0.15, -0.1) is 0 Å². The lowest BCUT2D eigenvalue weighted by molar-refractivity contribution is 0.388. The lowest BCUT2D eigenvalue weighted by Crippen LogP contribution is -2.18. The molecule has 0 aromatic carbocycles. The number of hydrogen-bond acceptors (Lipinski definition) is 2. The highest BCUT2D eigenvalue weighted by molar-refractivity contribution is 5.22. The Morgan fingerprint density at radius 3 is 2.43 bits per heavy atom. The van der Waals surface area contributed by atoms with Gasteiger partial charge in [-0.25, -0.2) is 0 Å². The fourth-order valence-corrected chi connectivity index (χ4v) is 1.58. The van der Waals surface area contributed by atoms with Gasteiger partial charge in [-0.1, -0.05) is 32.9 Å². The van der Waals surface area contributed by atoms with Crippen molar-refractivity contribution in [1.82, 2.24) is 0 Å². The van der Waals surface area contributed by atoms with Crippen LogP contribution in [0.4, 0.5) is 0 Å². The van der Waals surface area contributed by atoms with E-state index in [1.54, 1.807) is 6.20 Å². The zero-order chi connectivity index (χ0) is 11.2. The molecule has 0 aromatic rings. The highest BCUT2D eigenvalue weighted by Gasteiger charge is 2.20. The van der Waals surface area contributed by atoms with Gasteiger partial charge in [-0.3, -0.25) is 0 Å². The summed E-state index contributed by atoms with van der Waals surface area (Å²) in [6, 6.07) is 0.292. The summed E-state index contributed by atoms with van der Waals surface area (Å²) < 4.78 is 0. The van der Waals surface area contributed by atoms with Gasteiger partial charge in [0.05, 0.1) is 0 Å². The van der Waals surface area contributed by atoms with Gasteiger partial charge in [-0.2, -0.15) is 0 Å². The van der Waals surface area contributed by atoms with Crippen LogP contribution in [0.25, 0.3) is 0 Å². The standard InChI is InChI=1S/C12H24N2/c1-5-11(9-13)12(3,4)8-6-7-10(2)14/h5,9-10H,1,6-8,13-14H2,2-4H3/b11-9-/t10-/m0/s1. The predicted molar refractivity (Wildman–Crippen MR) is 63.7 cm³/mol. The topological polar surface area (TPSA) is 52.0 Å². The van der Waals surface area contributed by atoms with Crippen LogP contribution < -0.4 is 11.5 Å². The summed E-state index contributed by atoms with van der Waals surface area (Å²) in [7, 11) is 0. The summed E-state index contributed by atoms with van der Waals surface area (Å²) in [5, 5.41) is 0. The fourth-order valence-electron chi connectivity index (χ4n) is 1.58. The van der Waals surface area contributed by atoms with Crippen LogP contribution in [0.3, 0.4) is 0 Å². The zero-order valence-electron chi connectivity index (χ0n) is 9.72. The van der Waals surface area contributed by atoms with Crippen molar-refractivity contribution in [3.63, 3.8) is 0 Å². The highest BCUT2D eigenvalue weighted by atomic mass is 14.6. The molecule has 0 saturated carbocycles. The molecule has 82 valence electrons. The van der Waals surface area contributed by atoms with E-state index in [0.29, 0.717) is 6.04 Å². The van der Waals surface area contributed by atoms with Gasteiger partial charge in [0.15, 0.2) is 0 Å². The number of hydrogen-bond donors (Lipinski definition) is 2. The first-order valence-electron chi connectivity index (χ1n) is 5.24. The molecule has 0 heterocycles. The Hall–Kier alpha value is -0.760. The van der Waals surface area contributed by atoms with E-state index in [1.807, 2.05) is 13.0 Å². The third kappa shape index (κ3) is 4.47. The average Bonchev–Trinajstić information content (AvgIpc) is 2.04. The Labute approximate surface area is 88.1 Å². The van der Waals surface area contributed by atoms with E-state index in [4.69, 9.17) is 11.5 Å². The first-order chi connectivity index (χ1) is 6.44. The molecule has 0 unspecified atom stereocenters. The minimum atomic E-state index is 0.116. The molecule has 1 atom stereocenters. The lowest BCUT2D eigenvalue weighted by atomic mass is 9.80. The molecule has 4 N–H and O–H groups in total. The first-order valence-corrected chi connectivity index (χ1v) is 5.24. The van der Waals surface area contributed by atoms with Gasteiger partial charge in [0.2, 0.25) is 0 Å². The summed E-state index contributed by atoms with van der Waals surface area (Å²) >= 11 is 0. The smallest absolute Gasteiger partial charge is 0.00104 e. The van der Waals surface area contributed by atoms with E-state index in [0.717, 1.165) is 24.8 Å². The van der Waals surface area contributed by atoms with Crippen LogP contribution in [-0.2, 0) is 0 Å². The van der Waals surface area contributed by atoms with Crippen molar-refractivity contribution in [2.24, 2.45) is 16.9 Å². The molecule has 0 bridgehead atoms. The van der Waals surface area contributed by atoms with Gasteiger partial charge in [0.1, 0.15) is 0 Å². The number of rotatable bonds is 6. The summed E-state index contributed by atoms with van der Waals surface area (Å²) in [6.07, 6.45) is 6.79. The van der Waals surface area contributed by atoms with Crippen molar-refractivity contribution in [1.29, 1.82) is 0 Å². The second kappa shape index (κ2) is 5.86. The van der Waals surface area contributed by atoms with Gasteiger partial charge in [0, 0.05) is 6.04 Å². The van der Waals surface area contributed by atoms with Crippen LogP contribution in [0, 0.1) is 5.41 Å². The second-order valence-electron chi connectivity index (χ2n) is 4.58. The molecule has 14 heavy (non-hydrogen) atoms. The maximum atomic E-state index is 5.70. The highest BCUT2D eigenvalue weighted by Crippen LogP contribution is 2.32. The van der Waals surface area contributed by atoms with Crippen molar-refractivity contribution >= 4 is 0 Å². The molecule has 0 rings (SSSR count). The van der Waals surface area contributed by atoms with Crippen molar-refractivity contribution in [3.8, 4) is 0 Å². The molecular weight excluding hydrogens is 172 g/mol. The second-order valence-corrected chi connectivity index (χ2v) is 4.58. The van der Waals surface area contributed by atoms with Crippen molar-refractivity contribution in [2.75, 3.05) is 0 Å². The number of nitrogens with two attached hydrogens (primary N) is 2. The van der Waals surface area contributed by atoms with Crippen LogP contribution >= 0.6 is 0 Å². The molecule has 0 aromatic heterocycles. The maximum absolute atomic E-state index is 5.70. The molecule has 2 heteroatoms. The van der Waals surface area contributed by atoms with Crippen LogP contribution in [0.15, 0.2) is 24.4 Å². The van der Waals surface area contributed by atoms with E-state index in [-0.39, 0.29) is 5.41 Å². The average molecular weight is 196 g/mol. The summed E-state index contributed by atoms with van der Waals surface area (Å²) in [5.41, 5.74) is 12.5. The Kier molecular flexibility index (Phi) is 5.55. The summed E-state index contributed by atoms with van der Waals surface area (Å²) in [5.74, 6) is 0. The third-order valence-electron chi connectivity index (χ3n) is 2.64. The molecule has 0 aliphatic carbocycles. The first kappa shape index (κ1) is 13.2. The van der Waals surface area contributed by atoms with E-state index >= 15 is 0 Å². The van der Waals surface area contributed by atoms with Crippen molar-refractivity contribution < 1.29 is 0 Å². The zero-order valence-corrected chi connectivity index (χ0v) is 9.72. The largest absolute Gasteiger partial charge is 0.404 e. The van der Waals surface area contributed by atoms with Crippen LogP contribution in [0.2, 0.25) is 0 Å². The molecule has 0 fully saturated rings. The Morgan fingerprint density at radius 2 is 2.07 bits per heavy atom. The Balaban J connectivity index is 4.13. The Morgan fingerprint density at radius 1 is 1.50 bits per heavy atom. The van der Waals surface area contributed by atoms with E-state index in [9.17, 15) is 0 Å². The van der Waals surface area contributed by atoms with Gasteiger partial charge >= 0.3 is 0 Å². The molecular formula is C12H24N2. The summed E-state index contributed by atoms with van der Waals surface area (Å²) in [4.78, 5) is 0. The SMILES string of the molecule is C=C/C(=C/N)C(C)(C)CCC[C@H](C)N. The fraction of sp³-hybridized carbons (Fsp3) is 0.667. The normalized spacial score (nSPS) is 15.3. The minimum absolute atomic E-state index is 0.116. The molecule has 0 aliphatic heterocycles. The van der Waals surface area contributed by atoms with Crippen LogP contribution in [0.5, 0.6) is 0 Å². The van der Waals surface area contributed by atoms with Crippen LogP contribution in [0.1, 0.15) is 40.0 Å². The van der Waals surface area contributed by atoms with E-state index < -0.39 is 0 Å². The van der Waals surface area contributed by atoms with Crippen molar-refractivity contribution in [2.45, 2.75) is 46.1 Å². The van der Waals surface area contributed by atoms with Crippen LogP contribution in [-0.4, -0.2) is 6.04 Å². The molecule has 0 saturated heterocycles. The quantitative estimate of drug-likeness (QED) is 0.641. The molecule has 0 spiro atoms. The van der Waals surface area contributed by atoms with Gasteiger partial charge in [0.25, 0.3) is 0 Å². The van der Waals surface area contributed by atoms with E-state index in [1.165, 1.54) is 0 Å². The van der Waals surface area contributed by atoms with Gasteiger partial charge < -0.3 is 11.5 Å². The molecule has 2 nitrogen and oxygen atoms in total. The van der Waals surface area contributed by atoms with E-state index in [2.05, 4.69) is 20.4 Å². The molecule has 0 radical (unpaired) electrons. The summed E-state index contributed by atoms with van der Waals surface area (Å²) in [6.45, 7) is 10.2. The Bertz CT molecular complexity index is 202.